The van der Waals surface area contributed by atoms with Crippen LogP contribution in [0.15, 0.2) is 65.5 Å². The molecule has 2 unspecified atom stereocenters. The largest absolute Gasteiger partial charge is 0.497 e. The van der Waals surface area contributed by atoms with Crippen molar-refractivity contribution < 1.29 is 14.2 Å². The van der Waals surface area contributed by atoms with E-state index < -0.39 is 0 Å². The second kappa shape index (κ2) is 11.3. The maximum atomic E-state index is 13.9. The van der Waals surface area contributed by atoms with Gasteiger partial charge in [-0.25, -0.2) is 4.98 Å². The Bertz CT molecular complexity index is 1480. The van der Waals surface area contributed by atoms with Crippen LogP contribution in [0.4, 0.5) is 0 Å². The van der Waals surface area contributed by atoms with Crippen molar-refractivity contribution >= 4 is 10.9 Å². The summed E-state index contributed by atoms with van der Waals surface area (Å²) in [5.74, 6) is 3.70. The van der Waals surface area contributed by atoms with Crippen LogP contribution in [0, 0.1) is 11.8 Å². The van der Waals surface area contributed by atoms with Crippen molar-refractivity contribution in [1.82, 2.24) is 9.55 Å². The van der Waals surface area contributed by atoms with Crippen molar-refractivity contribution in [3.63, 3.8) is 0 Å². The van der Waals surface area contributed by atoms with E-state index in [0.29, 0.717) is 47.4 Å². The van der Waals surface area contributed by atoms with Gasteiger partial charge in [0.15, 0.2) is 0 Å². The Hall–Kier alpha value is -3.84. The Morgan fingerprint density at radius 2 is 1.55 bits per heavy atom. The number of nitrogens with two attached hydrogens (primary N) is 1. The van der Waals surface area contributed by atoms with Gasteiger partial charge < -0.3 is 19.9 Å². The number of hydrogen-bond donors (Lipinski definition) is 1. The molecule has 198 valence electrons. The molecule has 1 aliphatic carbocycles. The summed E-state index contributed by atoms with van der Waals surface area (Å²) in [6.07, 6.45) is 4.44. The molecule has 7 heteroatoms. The van der Waals surface area contributed by atoms with E-state index >= 15 is 0 Å². The highest BCUT2D eigenvalue weighted by molar-refractivity contribution is 5.82. The molecule has 1 aliphatic rings. The Balaban J connectivity index is 1.58. The van der Waals surface area contributed by atoms with Crippen LogP contribution in [0.2, 0.25) is 0 Å². The number of ether oxygens (including phenoxy) is 3. The van der Waals surface area contributed by atoms with Crippen LogP contribution in [0.3, 0.4) is 0 Å². The average Bonchev–Trinajstić information content (AvgIpc) is 2.98. The lowest BCUT2D eigenvalue weighted by atomic mass is 9.81. The molecule has 4 aromatic rings. The number of benzene rings is 3. The van der Waals surface area contributed by atoms with Gasteiger partial charge in [0.05, 0.1) is 32.2 Å². The van der Waals surface area contributed by atoms with Crippen LogP contribution in [-0.2, 0) is 6.54 Å². The quantitative estimate of drug-likeness (QED) is 0.334. The second-order valence-electron chi connectivity index (χ2n) is 10.0. The van der Waals surface area contributed by atoms with Gasteiger partial charge in [0.25, 0.3) is 5.56 Å². The minimum Gasteiger partial charge on any atom is -0.497 e. The van der Waals surface area contributed by atoms with Crippen LogP contribution in [-0.4, -0.2) is 37.4 Å². The van der Waals surface area contributed by atoms with E-state index in [1.165, 1.54) is 0 Å². The van der Waals surface area contributed by atoms with Crippen molar-refractivity contribution in [2.45, 2.75) is 32.2 Å². The minimum absolute atomic E-state index is 0.0420. The Kier molecular flexibility index (Phi) is 7.65. The zero-order valence-electron chi connectivity index (χ0n) is 22.3. The van der Waals surface area contributed by atoms with Gasteiger partial charge in [-0.2, -0.15) is 0 Å². The molecular formula is C31H35N3O4. The predicted octanol–water partition coefficient (Wildman–Crippen LogP) is 5.52. The van der Waals surface area contributed by atoms with E-state index in [2.05, 4.69) is 0 Å². The van der Waals surface area contributed by atoms with Gasteiger partial charge in [0, 0.05) is 23.7 Å². The highest BCUT2D eigenvalue weighted by Gasteiger charge is 2.24. The number of rotatable bonds is 8. The Morgan fingerprint density at radius 3 is 2.26 bits per heavy atom. The monoisotopic (exact) mass is 513 g/mol. The third-order valence-electron chi connectivity index (χ3n) is 7.69. The lowest BCUT2D eigenvalue weighted by Gasteiger charge is -2.29. The summed E-state index contributed by atoms with van der Waals surface area (Å²) in [4.78, 5) is 18.8. The normalized spacial score (nSPS) is 17.4. The first kappa shape index (κ1) is 25.8. The smallest absolute Gasteiger partial charge is 0.261 e. The number of aromatic nitrogens is 2. The molecule has 3 aromatic carbocycles. The molecule has 1 heterocycles. The van der Waals surface area contributed by atoms with Crippen molar-refractivity contribution in [3.8, 4) is 39.8 Å². The number of hydrogen-bond acceptors (Lipinski definition) is 6. The summed E-state index contributed by atoms with van der Waals surface area (Å²) in [7, 11) is 4.90. The van der Waals surface area contributed by atoms with E-state index in [1.807, 2.05) is 59.2 Å². The first-order valence-electron chi connectivity index (χ1n) is 13.2. The summed E-state index contributed by atoms with van der Waals surface area (Å²) in [6, 6.07) is 19.4. The SMILES string of the molecule is COc1ccc(-c2ccc(-c3nc4ccc(OC)cc4c(=O)n3CC3CCCC(CN)C3)cc2)c(OC)c1. The molecular weight excluding hydrogens is 478 g/mol. The maximum absolute atomic E-state index is 13.9. The van der Waals surface area contributed by atoms with E-state index in [1.54, 1.807) is 27.4 Å². The molecule has 2 atom stereocenters. The Labute approximate surface area is 223 Å². The first-order valence-corrected chi connectivity index (χ1v) is 13.2. The van der Waals surface area contributed by atoms with Crippen LogP contribution in [0.25, 0.3) is 33.4 Å². The molecule has 0 radical (unpaired) electrons. The molecule has 0 saturated heterocycles. The van der Waals surface area contributed by atoms with Crippen LogP contribution in [0.1, 0.15) is 25.7 Å². The van der Waals surface area contributed by atoms with Gasteiger partial charge in [-0.1, -0.05) is 30.7 Å². The molecule has 0 aliphatic heterocycles. The lowest BCUT2D eigenvalue weighted by Crippen LogP contribution is -2.30. The zero-order valence-corrected chi connectivity index (χ0v) is 22.3. The standard InChI is InChI=1S/C31H35N3O4/c1-36-24-12-14-28-27(16-24)31(35)34(19-21-6-4-5-20(15-21)18-32)30(33-28)23-9-7-22(8-10-23)26-13-11-25(37-2)17-29(26)38-3/h7-14,16-17,20-21H,4-6,15,18-19,32H2,1-3H3. The van der Waals surface area contributed by atoms with E-state index in [0.717, 1.165) is 53.9 Å². The van der Waals surface area contributed by atoms with Crippen LogP contribution >= 0.6 is 0 Å². The van der Waals surface area contributed by atoms with Gasteiger partial charge in [-0.05, 0) is 73.5 Å². The number of nitrogens with zero attached hydrogens (tertiary/aromatic N) is 2. The van der Waals surface area contributed by atoms with Crippen LogP contribution < -0.4 is 25.5 Å². The van der Waals surface area contributed by atoms with Gasteiger partial charge in [0.2, 0.25) is 0 Å². The summed E-state index contributed by atoms with van der Waals surface area (Å²) in [6.45, 7) is 1.32. The Morgan fingerprint density at radius 1 is 0.868 bits per heavy atom. The molecule has 1 fully saturated rings. The predicted molar refractivity (Wildman–Crippen MR) is 151 cm³/mol. The molecule has 7 nitrogen and oxygen atoms in total. The summed E-state index contributed by atoms with van der Waals surface area (Å²) in [5.41, 5.74) is 9.48. The molecule has 0 bridgehead atoms. The second-order valence-corrected chi connectivity index (χ2v) is 10.0. The maximum Gasteiger partial charge on any atom is 0.261 e. The third kappa shape index (κ3) is 5.11. The topological polar surface area (TPSA) is 88.6 Å². The fraction of sp³-hybridized carbons (Fsp3) is 0.355. The zero-order chi connectivity index (χ0) is 26.6. The average molecular weight is 514 g/mol. The molecule has 1 saturated carbocycles. The molecule has 1 aromatic heterocycles. The highest BCUT2D eigenvalue weighted by atomic mass is 16.5. The molecule has 38 heavy (non-hydrogen) atoms. The van der Waals surface area contributed by atoms with Gasteiger partial charge in [0.1, 0.15) is 23.1 Å². The molecule has 0 amide bonds. The minimum atomic E-state index is -0.0420. The number of methoxy groups -OCH3 is 3. The van der Waals surface area contributed by atoms with E-state index in [9.17, 15) is 4.79 Å². The summed E-state index contributed by atoms with van der Waals surface area (Å²) < 4.78 is 18.2. The lowest BCUT2D eigenvalue weighted by molar-refractivity contribution is 0.246. The third-order valence-corrected chi connectivity index (χ3v) is 7.69. The summed E-state index contributed by atoms with van der Waals surface area (Å²) in [5, 5.41) is 0.568. The summed E-state index contributed by atoms with van der Waals surface area (Å²) >= 11 is 0. The molecule has 0 spiro atoms. The van der Waals surface area contributed by atoms with E-state index in [4.69, 9.17) is 24.9 Å². The van der Waals surface area contributed by atoms with Gasteiger partial charge in [-0.15, -0.1) is 0 Å². The van der Waals surface area contributed by atoms with Crippen molar-refractivity contribution in [2.75, 3.05) is 27.9 Å². The fourth-order valence-corrected chi connectivity index (χ4v) is 5.59. The number of fused-ring (bicyclic) bond motifs is 1. The van der Waals surface area contributed by atoms with Gasteiger partial charge in [-0.3, -0.25) is 9.36 Å². The highest BCUT2D eigenvalue weighted by Crippen LogP contribution is 2.35. The van der Waals surface area contributed by atoms with Crippen molar-refractivity contribution in [3.05, 3.63) is 71.0 Å². The van der Waals surface area contributed by atoms with Crippen LogP contribution in [0.5, 0.6) is 17.2 Å². The van der Waals surface area contributed by atoms with Crippen molar-refractivity contribution in [2.24, 2.45) is 17.6 Å². The fourth-order valence-electron chi connectivity index (χ4n) is 5.59. The first-order chi connectivity index (χ1) is 18.5. The molecule has 5 rings (SSSR count). The molecule has 2 N–H and O–H groups in total. The van der Waals surface area contributed by atoms with Gasteiger partial charge >= 0.3 is 0 Å². The van der Waals surface area contributed by atoms with Crippen molar-refractivity contribution in [1.29, 1.82) is 0 Å². The van der Waals surface area contributed by atoms with E-state index in [-0.39, 0.29) is 5.56 Å².